The predicted octanol–water partition coefficient (Wildman–Crippen LogP) is 8.17. The van der Waals surface area contributed by atoms with E-state index in [4.69, 9.17) is 42.6 Å². The van der Waals surface area contributed by atoms with Crippen molar-refractivity contribution in [2.24, 2.45) is 0 Å². The third-order valence-corrected chi connectivity index (χ3v) is 18.0. The number of piperazine rings is 2. The number of rotatable bonds is 18. The molecule has 6 aromatic rings. The van der Waals surface area contributed by atoms with Gasteiger partial charge in [0, 0.05) is 104 Å². The van der Waals surface area contributed by atoms with Gasteiger partial charge < -0.3 is 53.7 Å². The first kappa shape index (κ1) is 70.5. The Bertz CT molecular complexity index is 3280. The molecule has 0 saturated carbocycles. The fraction of sp³-hybridized carbons (Fsp3) is 0.463. The van der Waals surface area contributed by atoms with Crippen LogP contribution in [0.15, 0.2) is 110 Å². The average molecular weight is 1300 g/mol. The van der Waals surface area contributed by atoms with E-state index < -0.39 is 0 Å². The lowest BCUT2D eigenvalue weighted by molar-refractivity contribution is -0.129. The number of hydrogen-bond acceptors (Lipinski definition) is 15. The minimum Gasteiger partial charge on any atom is -0.462 e. The Morgan fingerprint density at radius 3 is 1.42 bits per heavy atom. The topological polar surface area (TPSA) is 159 Å². The number of benzene rings is 4. The number of β-amino-alcohol motifs (C(OH)–C–C–N with tert-alkyl or cyclic N) is 1. The molecule has 12 rings (SSSR count). The van der Waals surface area contributed by atoms with Crippen LogP contribution < -0.4 is 29.1 Å². The zero-order valence-electron chi connectivity index (χ0n) is 51.7. The van der Waals surface area contributed by atoms with Gasteiger partial charge in [0.05, 0.1) is 31.1 Å². The van der Waals surface area contributed by atoms with Crippen LogP contribution in [0.3, 0.4) is 0 Å². The molecule has 4 aromatic carbocycles. The second-order valence-corrected chi connectivity index (χ2v) is 23.2. The molecule has 0 spiro atoms. The Morgan fingerprint density at radius 2 is 1.00 bits per heavy atom. The van der Waals surface area contributed by atoms with Crippen LogP contribution in [0.5, 0.6) is 12.0 Å². The minimum absolute atomic E-state index is 0. The first-order valence-electron chi connectivity index (χ1n) is 30.8. The Kier molecular flexibility index (Phi) is 26.1. The Balaban J connectivity index is 0.000000245. The number of aromatic nitrogens is 4. The van der Waals surface area contributed by atoms with E-state index in [1.807, 2.05) is 0 Å². The van der Waals surface area contributed by atoms with Gasteiger partial charge in [-0.1, -0.05) is 92.9 Å². The zero-order chi connectivity index (χ0) is 59.5. The molecule has 90 heavy (non-hydrogen) atoms. The number of ether oxygens (including phenoxy) is 2. The molecule has 2 aromatic heterocycles. The number of likely N-dealkylation sites (tertiary alicyclic amines) is 2. The van der Waals surface area contributed by atoms with Crippen molar-refractivity contribution in [2.45, 2.75) is 89.1 Å². The lowest BCUT2D eigenvalue weighted by atomic mass is 10.0. The lowest BCUT2D eigenvalue weighted by Crippen LogP contribution is -2.56. The Labute approximate surface area is 558 Å². The van der Waals surface area contributed by atoms with Gasteiger partial charge in [0.1, 0.15) is 36.9 Å². The van der Waals surface area contributed by atoms with Crippen LogP contribution in [0.25, 0.3) is 31.2 Å². The molecule has 6 aliphatic heterocycles. The molecule has 4 atom stereocenters. The summed E-state index contributed by atoms with van der Waals surface area (Å²) in [6.07, 6.45) is 9.82. The van der Waals surface area contributed by atoms with Crippen molar-refractivity contribution in [1.82, 2.24) is 39.5 Å². The van der Waals surface area contributed by atoms with Gasteiger partial charge in [-0.2, -0.15) is 73.9 Å². The summed E-state index contributed by atoms with van der Waals surface area (Å²) in [5.74, 6) is 1.46. The molecule has 4 fully saturated rings. The maximum atomic E-state index is 12.6. The number of aliphatic hydroxyl groups is 1. The van der Waals surface area contributed by atoms with E-state index in [0.29, 0.717) is 90.2 Å². The van der Waals surface area contributed by atoms with Gasteiger partial charge in [-0.05, 0) is 99.6 Å². The third-order valence-electron chi connectivity index (χ3n) is 18.0. The maximum Gasteiger partial charge on any atom is 0.318 e. The van der Waals surface area contributed by atoms with Crippen LogP contribution in [0.2, 0.25) is 0 Å². The zero-order valence-corrected chi connectivity index (χ0v) is 55.7. The molecule has 6 aliphatic rings. The van der Waals surface area contributed by atoms with Crippen molar-refractivity contribution < 1.29 is 24.2 Å². The fourth-order valence-corrected chi connectivity index (χ4v) is 13.8. The second-order valence-electron chi connectivity index (χ2n) is 23.2. The fourth-order valence-electron chi connectivity index (χ4n) is 13.8. The minimum atomic E-state index is -0.243. The molecule has 0 radical (unpaired) electrons. The molecule has 0 unspecified atom stereocenters. The van der Waals surface area contributed by atoms with Crippen molar-refractivity contribution in [3.63, 3.8) is 0 Å². The van der Waals surface area contributed by atoms with Gasteiger partial charge in [-0.3, -0.25) is 19.4 Å². The largest absolute Gasteiger partial charge is 0.462 e. The quantitative estimate of drug-likeness (QED) is 0.0649. The number of fused-ring (bicyclic) bond motifs is 4. The summed E-state index contributed by atoms with van der Waals surface area (Å²) in [6, 6.07) is 30.8. The van der Waals surface area contributed by atoms with Crippen LogP contribution in [-0.2, 0) is 35.5 Å². The van der Waals surface area contributed by atoms with Crippen LogP contribution in [-0.4, -0.2) is 192 Å². The Hall–Kier alpha value is -6.96. The van der Waals surface area contributed by atoms with E-state index in [1.54, 1.807) is 9.80 Å². The van der Waals surface area contributed by atoms with E-state index in [9.17, 15) is 14.7 Å². The van der Waals surface area contributed by atoms with Gasteiger partial charge >= 0.3 is 12.0 Å². The normalized spacial score (nSPS) is 19.7. The smallest absolute Gasteiger partial charge is 0.318 e. The highest BCUT2D eigenvalue weighted by Crippen LogP contribution is 2.38. The highest BCUT2D eigenvalue weighted by Gasteiger charge is 2.38. The molecule has 2 amide bonds. The van der Waals surface area contributed by atoms with Crippen LogP contribution >= 0.6 is 54.0 Å². The van der Waals surface area contributed by atoms with Gasteiger partial charge in [0.25, 0.3) is 0 Å². The average Bonchev–Trinajstić information content (AvgIpc) is 0.857. The number of anilines is 4. The van der Waals surface area contributed by atoms with Crippen molar-refractivity contribution in [2.75, 3.05) is 131 Å². The predicted molar refractivity (Wildman–Crippen MR) is 379 cm³/mol. The number of hydrogen-bond donors (Lipinski definition) is 1. The highest BCUT2D eigenvalue weighted by atomic mass is 32.1. The number of amides is 2. The van der Waals surface area contributed by atoms with Crippen LogP contribution in [0.1, 0.15) is 61.5 Å². The van der Waals surface area contributed by atoms with Gasteiger partial charge in [0.15, 0.2) is 0 Å². The molecule has 0 aliphatic carbocycles. The maximum absolute atomic E-state index is 12.6. The molecule has 1 N–H and O–H groups in total. The molecule has 4 saturated heterocycles. The van der Waals surface area contributed by atoms with Crippen LogP contribution in [0.4, 0.5) is 23.0 Å². The molecule has 480 valence electrons. The summed E-state index contributed by atoms with van der Waals surface area (Å²) >= 11 is 0. The monoisotopic (exact) mass is 1300 g/mol. The summed E-state index contributed by atoms with van der Waals surface area (Å²) in [7, 11) is 0. The standard InChI is InChI=1S/C34H41N7O2.C33H39N7O3.4H2S/c1-4-16-38-17-9-12-26(38)24-43-34-36-30-23-39(31-14-8-11-25-10-6-7-13-28(25)31)18-15-29(30)33(37-34)40-19-20-41(32(42)5-2)27(22-40)21-35-3;1-3-31(42)40-17-16-39(21-26(40)20-34-2)32-28-13-15-38(30-12-6-9-24-8-4-5-11-27(24)30)22-29(28)35-33(36-32)43-23-25-10-7-14-37(25)18-19-41;;;;/h5-8,10-11,13-14,26-27H,2,4,9,12,15-24H2,1H3;3-6,8-9,11-12,25-26,41H,1,7,10,13-23H2;4*1H2/t26-,27-;25-,26-;;;;/m00..../s1. The number of carbonyl (C=O) groups is 2. The van der Waals surface area contributed by atoms with Crippen molar-refractivity contribution in [1.29, 1.82) is 0 Å². The summed E-state index contributed by atoms with van der Waals surface area (Å²) in [4.78, 5) is 69.9. The van der Waals surface area contributed by atoms with E-state index >= 15 is 0 Å². The second kappa shape index (κ2) is 33.4. The Morgan fingerprint density at radius 1 is 0.567 bits per heavy atom. The van der Waals surface area contributed by atoms with Gasteiger partial charge in [0.2, 0.25) is 24.9 Å². The summed E-state index contributed by atoms with van der Waals surface area (Å²) in [5.41, 5.74) is 6.58. The molecule has 0 bridgehead atoms. The van der Waals surface area contributed by atoms with Crippen molar-refractivity contribution in [3.05, 3.63) is 156 Å². The van der Waals surface area contributed by atoms with Crippen LogP contribution in [0, 0.1) is 13.1 Å². The number of carbonyl (C=O) groups excluding carboxylic acids is 2. The molecule has 8 heterocycles. The van der Waals surface area contributed by atoms with Crippen molar-refractivity contribution in [3.8, 4) is 12.0 Å². The first-order valence-corrected chi connectivity index (χ1v) is 30.8. The number of aliphatic hydroxyl groups excluding tert-OH is 1. The van der Waals surface area contributed by atoms with Crippen molar-refractivity contribution >= 4 is 110 Å². The summed E-state index contributed by atoms with van der Waals surface area (Å²) in [5, 5.41) is 14.4. The number of nitrogens with zero attached hydrogens (tertiary/aromatic N) is 14. The molecular formula is C67H88N14O5S4. The van der Waals surface area contributed by atoms with Gasteiger partial charge in [-0.15, -0.1) is 0 Å². The summed E-state index contributed by atoms with van der Waals surface area (Å²) in [6.45, 7) is 36.3. The van der Waals surface area contributed by atoms with E-state index in [1.165, 1.54) is 51.5 Å². The van der Waals surface area contributed by atoms with Gasteiger partial charge in [-0.25, -0.2) is 13.1 Å². The molecular weight excluding hydrogens is 1210 g/mol. The molecule has 23 heteroatoms. The van der Waals surface area contributed by atoms with E-state index in [-0.39, 0.29) is 104 Å². The van der Waals surface area contributed by atoms with E-state index in [2.05, 4.69) is 144 Å². The molecule has 19 nitrogen and oxygen atoms in total. The third kappa shape index (κ3) is 15.8. The SMILES string of the molecule is S.S.S.S.[C-]#[N+]C[C@H]1CN(c2nc(OC[C@@H]3CCCN3CCC)nc3c2CCN(c2cccc4ccccc24)C3)CCN1C(=O)C=C.[C-]#[N+]C[C@H]1CN(c2nc(OC[C@@H]3CCCN3CCO)nc3c2CCN(c2cccc4ccccc24)C3)CCN1C(=O)C=C. The first-order chi connectivity index (χ1) is 42.2. The highest BCUT2D eigenvalue weighted by molar-refractivity contribution is 7.59. The lowest BCUT2D eigenvalue weighted by Gasteiger charge is -2.41. The van der Waals surface area contributed by atoms with E-state index in [0.717, 1.165) is 105 Å². The summed E-state index contributed by atoms with van der Waals surface area (Å²) < 4.78 is 12.7.